The third kappa shape index (κ3) is 2.53. The summed E-state index contributed by atoms with van der Waals surface area (Å²) in [6, 6.07) is 0. The SMILES string of the molecule is Cc1nc(N2CCC(C)CC2)sc1CBr. The summed E-state index contributed by atoms with van der Waals surface area (Å²) in [7, 11) is 0. The molecule has 2 heterocycles. The molecule has 0 saturated carbocycles. The minimum atomic E-state index is 0.887. The summed E-state index contributed by atoms with van der Waals surface area (Å²) < 4.78 is 0. The van der Waals surface area contributed by atoms with Gasteiger partial charge in [-0.25, -0.2) is 4.98 Å². The van der Waals surface area contributed by atoms with E-state index < -0.39 is 0 Å². The van der Waals surface area contributed by atoms with Crippen molar-refractivity contribution in [1.29, 1.82) is 0 Å². The Hall–Kier alpha value is -0.0900. The maximum Gasteiger partial charge on any atom is 0.185 e. The van der Waals surface area contributed by atoms with Gasteiger partial charge >= 0.3 is 0 Å². The highest BCUT2D eigenvalue weighted by Crippen LogP contribution is 2.30. The molecule has 0 spiro atoms. The Morgan fingerprint density at radius 1 is 1.47 bits per heavy atom. The van der Waals surface area contributed by atoms with Crippen molar-refractivity contribution in [1.82, 2.24) is 4.98 Å². The Morgan fingerprint density at radius 3 is 2.67 bits per heavy atom. The molecule has 0 atom stereocenters. The van der Waals surface area contributed by atoms with E-state index >= 15 is 0 Å². The van der Waals surface area contributed by atoms with Crippen LogP contribution in [0, 0.1) is 12.8 Å². The maximum absolute atomic E-state index is 4.64. The van der Waals surface area contributed by atoms with Crippen molar-refractivity contribution in [2.45, 2.75) is 32.0 Å². The molecule has 0 radical (unpaired) electrons. The molecule has 2 nitrogen and oxygen atoms in total. The summed E-state index contributed by atoms with van der Waals surface area (Å²) in [6.07, 6.45) is 2.62. The Kier molecular flexibility index (Phi) is 3.67. The van der Waals surface area contributed by atoms with Gasteiger partial charge in [0.05, 0.1) is 5.69 Å². The number of hydrogen-bond acceptors (Lipinski definition) is 3. The molecule has 0 unspecified atom stereocenters. The monoisotopic (exact) mass is 288 g/mol. The molecule has 0 amide bonds. The number of nitrogens with zero attached hydrogens (tertiary/aromatic N) is 2. The van der Waals surface area contributed by atoms with E-state index in [9.17, 15) is 0 Å². The van der Waals surface area contributed by atoms with Gasteiger partial charge in [0.25, 0.3) is 0 Å². The van der Waals surface area contributed by atoms with Crippen LogP contribution in [-0.2, 0) is 5.33 Å². The van der Waals surface area contributed by atoms with Crippen LogP contribution in [0.3, 0.4) is 0 Å². The third-order valence-electron chi connectivity index (χ3n) is 3.06. The summed E-state index contributed by atoms with van der Waals surface area (Å²) in [6.45, 7) is 6.79. The largest absolute Gasteiger partial charge is 0.348 e. The Bertz CT molecular complexity index is 329. The lowest BCUT2D eigenvalue weighted by Gasteiger charge is -2.29. The molecular formula is C11H17BrN2S. The molecule has 0 aromatic carbocycles. The quantitative estimate of drug-likeness (QED) is 0.774. The molecule has 1 aliphatic rings. The standard InChI is InChI=1S/C11H17BrN2S/c1-8-3-5-14(6-4-8)11-13-9(2)10(7-12)15-11/h8H,3-7H2,1-2H3. The molecule has 0 aliphatic carbocycles. The molecule has 1 aromatic heterocycles. The lowest BCUT2D eigenvalue weighted by molar-refractivity contribution is 0.438. The second-order valence-electron chi connectivity index (χ2n) is 4.31. The van der Waals surface area contributed by atoms with Gasteiger partial charge in [-0.05, 0) is 25.7 Å². The number of thiazole rings is 1. The number of piperidine rings is 1. The fourth-order valence-electron chi connectivity index (χ4n) is 1.87. The van der Waals surface area contributed by atoms with E-state index in [2.05, 4.69) is 39.7 Å². The molecule has 15 heavy (non-hydrogen) atoms. The number of aryl methyl sites for hydroxylation is 1. The van der Waals surface area contributed by atoms with Crippen LogP contribution in [0.15, 0.2) is 0 Å². The van der Waals surface area contributed by atoms with E-state index in [0.717, 1.165) is 11.2 Å². The fourth-order valence-corrected chi connectivity index (χ4v) is 3.58. The van der Waals surface area contributed by atoms with Gasteiger partial charge in [-0.2, -0.15) is 0 Å². The van der Waals surface area contributed by atoms with Gasteiger partial charge in [0.15, 0.2) is 5.13 Å². The zero-order valence-electron chi connectivity index (χ0n) is 9.29. The first-order chi connectivity index (χ1) is 7.20. The van der Waals surface area contributed by atoms with Gasteiger partial charge in [-0.15, -0.1) is 11.3 Å². The van der Waals surface area contributed by atoms with Crippen molar-refractivity contribution < 1.29 is 0 Å². The topological polar surface area (TPSA) is 16.1 Å². The highest BCUT2D eigenvalue weighted by Gasteiger charge is 2.19. The highest BCUT2D eigenvalue weighted by atomic mass is 79.9. The molecule has 1 fully saturated rings. The second-order valence-corrected chi connectivity index (χ2v) is 5.93. The minimum Gasteiger partial charge on any atom is -0.348 e. The molecule has 1 aromatic rings. The van der Waals surface area contributed by atoms with Crippen molar-refractivity contribution in [2.75, 3.05) is 18.0 Å². The van der Waals surface area contributed by atoms with E-state index in [4.69, 9.17) is 0 Å². The minimum absolute atomic E-state index is 0.887. The Balaban J connectivity index is 2.09. The third-order valence-corrected chi connectivity index (χ3v) is 5.21. The Labute approximate surface area is 104 Å². The van der Waals surface area contributed by atoms with Crippen molar-refractivity contribution in [3.63, 3.8) is 0 Å². The lowest BCUT2D eigenvalue weighted by Crippen LogP contribution is -2.32. The summed E-state index contributed by atoms with van der Waals surface area (Å²) in [5.74, 6) is 0.887. The maximum atomic E-state index is 4.64. The number of halogens is 1. The van der Waals surface area contributed by atoms with Crippen molar-refractivity contribution in [2.24, 2.45) is 5.92 Å². The van der Waals surface area contributed by atoms with Gasteiger partial charge in [0.1, 0.15) is 0 Å². The zero-order chi connectivity index (χ0) is 10.8. The van der Waals surface area contributed by atoms with Crippen LogP contribution in [0.4, 0.5) is 5.13 Å². The lowest BCUT2D eigenvalue weighted by atomic mass is 10.00. The smallest absolute Gasteiger partial charge is 0.185 e. The number of aromatic nitrogens is 1. The number of rotatable bonds is 2. The normalized spacial score (nSPS) is 18.5. The predicted molar refractivity (Wildman–Crippen MR) is 70.1 cm³/mol. The van der Waals surface area contributed by atoms with Crippen LogP contribution in [0.1, 0.15) is 30.3 Å². The first-order valence-electron chi connectivity index (χ1n) is 5.48. The summed E-state index contributed by atoms with van der Waals surface area (Å²) >= 11 is 5.34. The van der Waals surface area contributed by atoms with Crippen molar-refractivity contribution in [3.8, 4) is 0 Å². The van der Waals surface area contributed by atoms with Crippen LogP contribution < -0.4 is 4.90 Å². The van der Waals surface area contributed by atoms with E-state index in [-0.39, 0.29) is 0 Å². The molecule has 0 N–H and O–H groups in total. The summed E-state index contributed by atoms with van der Waals surface area (Å²) in [5, 5.41) is 2.15. The van der Waals surface area contributed by atoms with Gasteiger partial charge in [0, 0.05) is 23.3 Å². The number of hydrogen-bond donors (Lipinski definition) is 0. The molecule has 1 saturated heterocycles. The highest BCUT2D eigenvalue weighted by molar-refractivity contribution is 9.08. The molecule has 84 valence electrons. The molecule has 2 rings (SSSR count). The molecule has 0 bridgehead atoms. The van der Waals surface area contributed by atoms with Crippen molar-refractivity contribution in [3.05, 3.63) is 10.6 Å². The average Bonchev–Trinajstić information content (AvgIpc) is 2.61. The first kappa shape index (κ1) is 11.4. The predicted octanol–water partition coefficient (Wildman–Crippen LogP) is 3.58. The van der Waals surface area contributed by atoms with Gasteiger partial charge in [0.2, 0.25) is 0 Å². The van der Waals surface area contributed by atoms with Gasteiger partial charge in [-0.1, -0.05) is 22.9 Å². The van der Waals surface area contributed by atoms with E-state index in [1.165, 1.54) is 41.6 Å². The van der Waals surface area contributed by atoms with Crippen LogP contribution in [-0.4, -0.2) is 18.1 Å². The van der Waals surface area contributed by atoms with Crippen LogP contribution >= 0.6 is 27.3 Å². The van der Waals surface area contributed by atoms with E-state index in [1.54, 1.807) is 0 Å². The van der Waals surface area contributed by atoms with E-state index in [1.807, 2.05) is 11.3 Å². The molecular weight excluding hydrogens is 272 g/mol. The molecule has 4 heteroatoms. The first-order valence-corrected chi connectivity index (χ1v) is 7.41. The fraction of sp³-hybridized carbons (Fsp3) is 0.727. The second kappa shape index (κ2) is 4.83. The number of anilines is 1. The van der Waals surface area contributed by atoms with E-state index in [0.29, 0.717) is 0 Å². The summed E-state index contributed by atoms with van der Waals surface area (Å²) in [5.41, 5.74) is 1.19. The summed E-state index contributed by atoms with van der Waals surface area (Å²) in [4.78, 5) is 8.44. The van der Waals surface area contributed by atoms with Crippen molar-refractivity contribution >= 4 is 32.4 Å². The number of alkyl halides is 1. The van der Waals surface area contributed by atoms with Gasteiger partial charge < -0.3 is 4.90 Å². The van der Waals surface area contributed by atoms with Gasteiger partial charge in [-0.3, -0.25) is 0 Å². The molecule has 1 aliphatic heterocycles. The van der Waals surface area contributed by atoms with Crippen LogP contribution in [0.2, 0.25) is 0 Å². The Morgan fingerprint density at radius 2 is 2.13 bits per heavy atom. The van der Waals surface area contributed by atoms with Crippen LogP contribution in [0.5, 0.6) is 0 Å². The average molecular weight is 289 g/mol. The zero-order valence-corrected chi connectivity index (χ0v) is 11.7. The van der Waals surface area contributed by atoms with Crippen LogP contribution in [0.25, 0.3) is 0 Å².